The molecule has 0 aliphatic carbocycles. The molecule has 10 nitrogen and oxygen atoms in total. The van der Waals surface area contributed by atoms with E-state index in [0.717, 1.165) is 11.2 Å². The van der Waals surface area contributed by atoms with Gasteiger partial charge in [0, 0.05) is 34.3 Å². The van der Waals surface area contributed by atoms with Gasteiger partial charge in [0.05, 0.1) is 18.0 Å². The Hall–Kier alpha value is -3.81. The molecule has 4 amide bonds. The van der Waals surface area contributed by atoms with Gasteiger partial charge in [0.2, 0.25) is 27.7 Å². The molecule has 2 heterocycles. The first-order valence-corrected chi connectivity index (χ1v) is 18.3. The normalized spacial score (nSPS) is 20.4. The summed E-state index contributed by atoms with van der Waals surface area (Å²) in [5.74, 6) is -4.18. The van der Waals surface area contributed by atoms with Crippen LogP contribution in [-0.2, 0) is 34.6 Å². The van der Waals surface area contributed by atoms with E-state index in [9.17, 15) is 27.2 Å². The van der Waals surface area contributed by atoms with E-state index in [1.807, 2.05) is 4.72 Å². The molecule has 0 bridgehead atoms. The van der Waals surface area contributed by atoms with E-state index < -0.39 is 62.4 Å². The highest BCUT2D eigenvalue weighted by Crippen LogP contribution is 2.61. The number of amides is 4. The van der Waals surface area contributed by atoms with Crippen molar-refractivity contribution in [1.82, 2.24) is 10.0 Å². The van der Waals surface area contributed by atoms with Crippen molar-refractivity contribution < 1.29 is 36.7 Å². The highest BCUT2D eigenvalue weighted by atomic mass is 79.9. The highest BCUT2D eigenvalue weighted by Gasteiger charge is 2.64. The first-order valence-electron chi connectivity index (χ1n) is 15.2. The first-order chi connectivity index (χ1) is 22.5. The summed E-state index contributed by atoms with van der Waals surface area (Å²) < 4.78 is 48.1. The fourth-order valence-electron chi connectivity index (χ4n) is 6.98. The molecule has 1 spiro atoms. The molecule has 262 valence electrons. The summed E-state index contributed by atoms with van der Waals surface area (Å²) in [6.07, 6.45) is 0.690. The zero-order valence-electron chi connectivity index (χ0n) is 26.8. The predicted molar refractivity (Wildman–Crippen MR) is 188 cm³/mol. The molecule has 5 rings (SSSR count). The van der Waals surface area contributed by atoms with E-state index in [2.05, 4.69) is 21.2 Å². The third-order valence-corrected chi connectivity index (χ3v) is 10.5. The number of nitrogens with one attached hydrogen (secondary N) is 2. The van der Waals surface area contributed by atoms with Crippen LogP contribution in [0.15, 0.2) is 59.1 Å². The van der Waals surface area contributed by atoms with Crippen LogP contribution in [0.4, 0.5) is 10.1 Å². The molecule has 49 heavy (non-hydrogen) atoms. The lowest BCUT2D eigenvalue weighted by molar-refractivity contribution is -0.137. The zero-order valence-corrected chi connectivity index (χ0v) is 30.0. The molecule has 0 radical (unpaired) electrons. The number of hydrogen-bond donors (Lipinski definition) is 2. The highest BCUT2D eigenvalue weighted by molar-refractivity contribution is 9.10. The number of imide groups is 1. The van der Waals surface area contributed by atoms with Gasteiger partial charge in [-0.15, -0.1) is 0 Å². The third kappa shape index (κ3) is 6.60. The lowest BCUT2D eigenvalue weighted by Crippen LogP contribution is -2.59. The van der Waals surface area contributed by atoms with Crippen LogP contribution in [0, 0.1) is 12.7 Å². The van der Waals surface area contributed by atoms with Crippen molar-refractivity contribution in [3.8, 4) is 5.75 Å². The second-order valence-electron chi connectivity index (χ2n) is 12.1. The number of hydrogen-bond acceptors (Lipinski definition) is 7. The minimum atomic E-state index is -3.96. The van der Waals surface area contributed by atoms with Crippen molar-refractivity contribution in [1.29, 1.82) is 0 Å². The molecule has 14 heteroatoms. The molecule has 3 atom stereocenters. The predicted octanol–water partition coefficient (Wildman–Crippen LogP) is 6.38. The van der Waals surface area contributed by atoms with E-state index in [-0.39, 0.29) is 48.7 Å². The number of halogens is 3. The number of rotatable bonds is 8. The van der Waals surface area contributed by atoms with Gasteiger partial charge < -0.3 is 10.1 Å². The maximum atomic E-state index is 15.1. The van der Waals surface area contributed by atoms with Crippen LogP contribution in [0.2, 0.25) is 5.02 Å². The molecule has 0 aromatic heterocycles. The van der Waals surface area contributed by atoms with Crippen LogP contribution in [0.5, 0.6) is 5.75 Å². The largest absolute Gasteiger partial charge is 0.477 e. The van der Waals surface area contributed by atoms with Crippen molar-refractivity contribution in [3.63, 3.8) is 0 Å². The van der Waals surface area contributed by atoms with Gasteiger partial charge in [-0.1, -0.05) is 60.9 Å². The van der Waals surface area contributed by atoms with Crippen LogP contribution in [0.25, 0.3) is 0 Å². The van der Waals surface area contributed by atoms with Gasteiger partial charge in [-0.05, 0) is 78.9 Å². The quantitative estimate of drug-likeness (QED) is 0.271. The standard InChI is InChI=1S/C34H34BrClFN3O7S.CH4/c1-6-33(7-2,31(43)39-48(5,45)46)47-28-13-10-21(36)15-24(28)26-17-29(42)38-30(23-16-22(37)11-8-18(23)3)34(26)25-12-9-20(35)14-27(25)40(19(4)41)32(34)44;/h8-16,26,30H,6-7,17H2,1-5H3,(H,38,42)(H,39,43);1H4/t26-,30+,34-;/m1./s1. The number of benzene rings is 3. The molecule has 0 saturated carbocycles. The van der Waals surface area contributed by atoms with Gasteiger partial charge in [0.1, 0.15) is 17.0 Å². The van der Waals surface area contributed by atoms with E-state index in [1.54, 1.807) is 45.0 Å². The Kier molecular flexibility index (Phi) is 10.7. The van der Waals surface area contributed by atoms with Gasteiger partial charge in [0.25, 0.3) is 5.91 Å². The monoisotopic (exact) mass is 777 g/mol. The molecule has 2 aliphatic rings. The van der Waals surface area contributed by atoms with Crippen molar-refractivity contribution in [2.75, 3.05) is 11.2 Å². The summed E-state index contributed by atoms with van der Waals surface area (Å²) in [6, 6.07) is 12.5. The molecule has 2 N–H and O–H groups in total. The molecule has 2 aliphatic heterocycles. The Morgan fingerprint density at radius 2 is 1.78 bits per heavy atom. The van der Waals surface area contributed by atoms with Crippen LogP contribution >= 0.6 is 27.5 Å². The minimum absolute atomic E-state index is 0. The topological polar surface area (TPSA) is 139 Å². The number of sulfonamides is 1. The van der Waals surface area contributed by atoms with E-state index in [0.29, 0.717) is 21.2 Å². The summed E-state index contributed by atoms with van der Waals surface area (Å²) in [5, 5.41) is 3.17. The van der Waals surface area contributed by atoms with Crippen molar-refractivity contribution in [2.45, 2.75) is 77.4 Å². The Bertz CT molecular complexity index is 1970. The van der Waals surface area contributed by atoms with Crippen LogP contribution in [-0.4, -0.2) is 43.9 Å². The van der Waals surface area contributed by atoms with Gasteiger partial charge in [-0.2, -0.15) is 0 Å². The second kappa shape index (κ2) is 13.8. The maximum Gasteiger partial charge on any atom is 0.277 e. The number of aryl methyl sites for hydroxylation is 1. The van der Waals surface area contributed by atoms with E-state index >= 15 is 4.79 Å². The van der Waals surface area contributed by atoms with Crippen LogP contribution < -0.4 is 19.7 Å². The lowest BCUT2D eigenvalue weighted by atomic mass is 9.58. The summed E-state index contributed by atoms with van der Waals surface area (Å²) >= 11 is 10.0. The Morgan fingerprint density at radius 3 is 2.39 bits per heavy atom. The van der Waals surface area contributed by atoms with Gasteiger partial charge in [-0.3, -0.25) is 19.2 Å². The van der Waals surface area contributed by atoms with Crippen molar-refractivity contribution >= 4 is 66.9 Å². The number of nitrogens with zero attached hydrogens (tertiary/aromatic N) is 1. The molecule has 3 aromatic rings. The number of piperidine rings is 1. The molecule has 3 aromatic carbocycles. The average molecular weight is 779 g/mol. The lowest BCUT2D eigenvalue weighted by Gasteiger charge is -2.47. The Balaban J connectivity index is 0.00000541. The minimum Gasteiger partial charge on any atom is -0.477 e. The summed E-state index contributed by atoms with van der Waals surface area (Å²) in [6.45, 7) is 6.32. The number of anilines is 1. The van der Waals surface area contributed by atoms with Gasteiger partial charge in [0.15, 0.2) is 5.60 Å². The molecular formula is C35H38BrClFN3O7S. The molecule has 0 unspecified atom stereocenters. The smallest absolute Gasteiger partial charge is 0.277 e. The second-order valence-corrected chi connectivity index (χ2v) is 15.2. The summed E-state index contributed by atoms with van der Waals surface area (Å²) in [7, 11) is -3.96. The van der Waals surface area contributed by atoms with Gasteiger partial charge in [-0.25, -0.2) is 22.4 Å². The molecular weight excluding hydrogens is 741 g/mol. The number of carbonyl (C=O) groups is 4. The summed E-state index contributed by atoms with van der Waals surface area (Å²) in [4.78, 5) is 56.5. The van der Waals surface area contributed by atoms with Gasteiger partial charge >= 0.3 is 0 Å². The number of fused-ring (bicyclic) bond motifs is 2. The number of ether oxygens (including phenoxy) is 1. The first kappa shape index (κ1) is 38.0. The molecule has 1 fully saturated rings. The maximum absolute atomic E-state index is 15.1. The average Bonchev–Trinajstić information content (AvgIpc) is 3.25. The summed E-state index contributed by atoms with van der Waals surface area (Å²) in [5.41, 5.74) is -1.55. The fourth-order valence-corrected chi connectivity index (χ4v) is 8.03. The fraction of sp³-hybridized carbons (Fsp3) is 0.371. The van der Waals surface area contributed by atoms with Crippen LogP contribution in [0.3, 0.4) is 0 Å². The Labute approximate surface area is 298 Å². The number of carbonyl (C=O) groups excluding carboxylic acids is 4. The van der Waals surface area contributed by atoms with E-state index in [4.69, 9.17) is 16.3 Å². The third-order valence-electron chi connectivity index (χ3n) is 9.26. The Morgan fingerprint density at radius 1 is 1.10 bits per heavy atom. The van der Waals surface area contributed by atoms with Crippen LogP contribution in [0.1, 0.15) is 81.7 Å². The van der Waals surface area contributed by atoms with E-state index in [1.165, 1.54) is 37.3 Å². The van der Waals surface area contributed by atoms with Crippen molar-refractivity contribution in [2.24, 2.45) is 0 Å². The molecule has 1 saturated heterocycles. The SMILES string of the molecule is C.CCC(CC)(Oc1ccc(Cl)cc1[C@H]1CC(=O)N[C@@H](c2cc(F)ccc2C)[C@]12C(=O)N(C(C)=O)c1cc(Br)ccc12)C(=O)NS(C)(=O)=O. The van der Waals surface area contributed by atoms with Crippen molar-refractivity contribution in [3.05, 3.63) is 92.2 Å². The zero-order chi connectivity index (χ0) is 35.3.